The first-order chi connectivity index (χ1) is 7.09. The molecule has 0 spiro atoms. The Kier molecular flexibility index (Phi) is 4.52. The van der Waals surface area contributed by atoms with Crippen molar-refractivity contribution in [2.24, 2.45) is 11.7 Å². The van der Waals surface area contributed by atoms with Crippen LogP contribution in [0.2, 0.25) is 5.02 Å². The number of carbonyl (C=O) groups excluding carboxylic acids is 1. The van der Waals surface area contributed by atoms with Crippen LogP contribution in [-0.2, 0) is 11.3 Å². The molecule has 4 nitrogen and oxygen atoms in total. The largest absolute Gasteiger partial charge is 0.369 e. The van der Waals surface area contributed by atoms with Gasteiger partial charge >= 0.3 is 0 Å². The number of hydrogen-bond acceptors (Lipinski definition) is 3. The summed E-state index contributed by atoms with van der Waals surface area (Å²) in [5.41, 5.74) is 6.01. The minimum Gasteiger partial charge on any atom is -0.369 e. The first kappa shape index (κ1) is 11.9. The van der Waals surface area contributed by atoms with E-state index in [0.29, 0.717) is 18.1 Å². The third kappa shape index (κ3) is 4.27. The predicted molar refractivity (Wildman–Crippen MR) is 59.3 cm³/mol. The van der Waals surface area contributed by atoms with Crippen LogP contribution >= 0.6 is 11.6 Å². The number of nitrogens with two attached hydrogens (primary N) is 1. The normalized spacial score (nSPS) is 12.4. The number of hydrogen-bond donors (Lipinski definition) is 2. The Bertz CT molecular complexity index is 326. The molecule has 1 amide bonds. The highest BCUT2D eigenvalue weighted by Gasteiger charge is 2.07. The molecule has 0 bridgehead atoms. The summed E-state index contributed by atoms with van der Waals surface area (Å²) in [7, 11) is 0. The zero-order valence-corrected chi connectivity index (χ0v) is 9.29. The van der Waals surface area contributed by atoms with E-state index in [-0.39, 0.29) is 11.8 Å². The minimum atomic E-state index is -0.299. The fourth-order valence-electron chi connectivity index (χ4n) is 1.03. The highest BCUT2D eigenvalue weighted by molar-refractivity contribution is 6.30. The van der Waals surface area contributed by atoms with E-state index < -0.39 is 0 Å². The van der Waals surface area contributed by atoms with Crippen LogP contribution in [0.1, 0.15) is 12.6 Å². The van der Waals surface area contributed by atoms with E-state index in [4.69, 9.17) is 17.3 Å². The van der Waals surface area contributed by atoms with Crippen molar-refractivity contribution in [3.8, 4) is 0 Å². The number of pyridine rings is 1. The second-order valence-electron chi connectivity index (χ2n) is 3.40. The Morgan fingerprint density at radius 1 is 1.67 bits per heavy atom. The van der Waals surface area contributed by atoms with Gasteiger partial charge in [-0.3, -0.25) is 9.78 Å². The number of carbonyl (C=O) groups is 1. The van der Waals surface area contributed by atoms with Gasteiger partial charge < -0.3 is 11.1 Å². The summed E-state index contributed by atoms with van der Waals surface area (Å²) in [4.78, 5) is 14.8. The van der Waals surface area contributed by atoms with Crippen molar-refractivity contribution in [1.29, 1.82) is 0 Å². The maximum atomic E-state index is 10.7. The maximum absolute atomic E-state index is 10.7. The molecule has 1 aromatic rings. The van der Waals surface area contributed by atoms with E-state index in [9.17, 15) is 4.79 Å². The lowest BCUT2D eigenvalue weighted by Gasteiger charge is -2.08. The monoisotopic (exact) mass is 227 g/mol. The number of halogens is 1. The van der Waals surface area contributed by atoms with Crippen LogP contribution in [0.15, 0.2) is 18.3 Å². The molecule has 1 rings (SSSR count). The summed E-state index contributed by atoms with van der Waals surface area (Å²) in [6.45, 7) is 2.94. The van der Waals surface area contributed by atoms with Crippen LogP contribution in [0, 0.1) is 5.92 Å². The van der Waals surface area contributed by atoms with Crippen molar-refractivity contribution in [2.75, 3.05) is 6.54 Å². The van der Waals surface area contributed by atoms with Crippen LogP contribution in [-0.4, -0.2) is 17.4 Å². The number of nitrogens with zero attached hydrogens (tertiary/aromatic N) is 1. The predicted octanol–water partition coefficient (Wildman–Crippen LogP) is 0.946. The molecule has 1 unspecified atom stereocenters. The topological polar surface area (TPSA) is 68.0 Å². The van der Waals surface area contributed by atoms with Crippen LogP contribution < -0.4 is 11.1 Å². The molecule has 0 fully saturated rings. The lowest BCUT2D eigenvalue weighted by atomic mass is 10.2. The SMILES string of the molecule is CC(CNCc1ccc(Cl)cn1)C(N)=O. The molecule has 82 valence electrons. The third-order valence-electron chi connectivity index (χ3n) is 2.03. The quantitative estimate of drug-likeness (QED) is 0.787. The van der Waals surface area contributed by atoms with Crippen molar-refractivity contribution in [3.05, 3.63) is 29.0 Å². The molecule has 1 atom stereocenters. The molecule has 0 radical (unpaired) electrons. The van der Waals surface area contributed by atoms with E-state index in [0.717, 1.165) is 5.69 Å². The van der Waals surface area contributed by atoms with E-state index in [2.05, 4.69) is 10.3 Å². The number of nitrogens with one attached hydrogen (secondary N) is 1. The van der Waals surface area contributed by atoms with Crippen LogP contribution in [0.4, 0.5) is 0 Å². The van der Waals surface area contributed by atoms with Gasteiger partial charge in [-0.1, -0.05) is 18.5 Å². The van der Waals surface area contributed by atoms with E-state index >= 15 is 0 Å². The smallest absolute Gasteiger partial charge is 0.221 e. The fourth-order valence-corrected chi connectivity index (χ4v) is 1.14. The molecule has 15 heavy (non-hydrogen) atoms. The van der Waals surface area contributed by atoms with E-state index in [1.165, 1.54) is 0 Å². The number of rotatable bonds is 5. The van der Waals surface area contributed by atoms with Gasteiger partial charge in [-0.25, -0.2) is 0 Å². The molecular weight excluding hydrogens is 214 g/mol. The summed E-state index contributed by atoms with van der Waals surface area (Å²) < 4.78 is 0. The number of amides is 1. The Balaban J connectivity index is 2.32. The zero-order chi connectivity index (χ0) is 11.3. The Labute approximate surface area is 93.8 Å². The molecule has 1 heterocycles. The van der Waals surface area contributed by atoms with Gasteiger partial charge in [0.15, 0.2) is 0 Å². The van der Waals surface area contributed by atoms with Gasteiger partial charge in [0, 0.05) is 25.2 Å². The zero-order valence-electron chi connectivity index (χ0n) is 8.53. The van der Waals surface area contributed by atoms with Crippen molar-refractivity contribution in [1.82, 2.24) is 10.3 Å². The molecule has 0 aliphatic carbocycles. The molecular formula is C10H14ClN3O. The second-order valence-corrected chi connectivity index (χ2v) is 3.84. The summed E-state index contributed by atoms with van der Waals surface area (Å²) in [5, 5.41) is 3.71. The van der Waals surface area contributed by atoms with Gasteiger partial charge in [-0.2, -0.15) is 0 Å². The lowest BCUT2D eigenvalue weighted by Crippen LogP contribution is -2.30. The maximum Gasteiger partial charge on any atom is 0.221 e. The van der Waals surface area contributed by atoms with Crippen LogP contribution in [0.25, 0.3) is 0 Å². The lowest BCUT2D eigenvalue weighted by molar-refractivity contribution is -0.121. The molecule has 1 aromatic heterocycles. The first-order valence-corrected chi connectivity index (χ1v) is 5.08. The number of aromatic nitrogens is 1. The molecule has 0 saturated carbocycles. The van der Waals surface area contributed by atoms with Gasteiger partial charge in [0.05, 0.1) is 10.7 Å². The molecule has 0 aliphatic rings. The summed E-state index contributed by atoms with van der Waals surface area (Å²) in [6, 6.07) is 3.62. The average Bonchev–Trinajstić information content (AvgIpc) is 2.20. The summed E-state index contributed by atoms with van der Waals surface area (Å²) in [6.07, 6.45) is 1.59. The van der Waals surface area contributed by atoms with Crippen molar-refractivity contribution in [2.45, 2.75) is 13.5 Å². The van der Waals surface area contributed by atoms with Gasteiger partial charge in [0.25, 0.3) is 0 Å². The van der Waals surface area contributed by atoms with Crippen LogP contribution in [0.5, 0.6) is 0 Å². The van der Waals surface area contributed by atoms with Crippen molar-refractivity contribution < 1.29 is 4.79 Å². The molecule has 0 aliphatic heterocycles. The van der Waals surface area contributed by atoms with Gasteiger partial charge in [-0.05, 0) is 12.1 Å². The third-order valence-corrected chi connectivity index (χ3v) is 2.25. The van der Waals surface area contributed by atoms with Crippen molar-refractivity contribution in [3.63, 3.8) is 0 Å². The van der Waals surface area contributed by atoms with Gasteiger partial charge in [0.2, 0.25) is 5.91 Å². The highest BCUT2D eigenvalue weighted by atomic mass is 35.5. The van der Waals surface area contributed by atoms with Gasteiger partial charge in [-0.15, -0.1) is 0 Å². The summed E-state index contributed by atoms with van der Waals surface area (Å²) >= 11 is 5.69. The average molecular weight is 228 g/mol. The molecule has 3 N–H and O–H groups in total. The first-order valence-electron chi connectivity index (χ1n) is 4.70. The Morgan fingerprint density at radius 2 is 2.40 bits per heavy atom. The highest BCUT2D eigenvalue weighted by Crippen LogP contribution is 2.05. The van der Waals surface area contributed by atoms with E-state index in [1.807, 2.05) is 6.07 Å². The molecule has 0 saturated heterocycles. The molecule has 0 aromatic carbocycles. The second kappa shape index (κ2) is 5.68. The minimum absolute atomic E-state index is 0.169. The Morgan fingerprint density at radius 3 is 2.93 bits per heavy atom. The fraction of sp³-hybridized carbons (Fsp3) is 0.400. The number of primary amides is 1. The van der Waals surface area contributed by atoms with Crippen LogP contribution in [0.3, 0.4) is 0 Å². The van der Waals surface area contributed by atoms with Crippen molar-refractivity contribution >= 4 is 17.5 Å². The molecule has 5 heteroatoms. The Hall–Kier alpha value is -1.13. The van der Waals surface area contributed by atoms with E-state index in [1.54, 1.807) is 19.2 Å². The summed E-state index contributed by atoms with van der Waals surface area (Å²) in [5.74, 6) is -0.469. The van der Waals surface area contributed by atoms with Gasteiger partial charge in [0.1, 0.15) is 0 Å². The standard InChI is InChI=1S/C10H14ClN3O/c1-7(10(12)15)4-13-6-9-3-2-8(11)5-14-9/h2-3,5,7,13H,4,6H2,1H3,(H2,12,15).